The molecule has 1 aromatic carbocycles. The van der Waals surface area contributed by atoms with Crippen molar-refractivity contribution in [1.29, 1.82) is 0 Å². The number of hydroxylamine groups is 3. The smallest absolute Gasteiger partial charge is 0.165 e. The number of ether oxygens (including phenoxy) is 1. The number of rotatable bonds is 4. The fourth-order valence-corrected chi connectivity index (χ4v) is 7.81. The molecule has 6 nitrogen and oxygen atoms in total. The van der Waals surface area contributed by atoms with E-state index in [1.165, 1.54) is 0 Å². The highest BCUT2D eigenvalue weighted by Crippen LogP contribution is 2.67. The number of hydrogen-bond acceptors (Lipinski definition) is 4. The van der Waals surface area contributed by atoms with Gasteiger partial charge >= 0.3 is 0 Å². The number of aromatic hydroxyl groups is 1. The van der Waals surface area contributed by atoms with Gasteiger partial charge in [0.1, 0.15) is 17.7 Å². The van der Waals surface area contributed by atoms with Crippen LogP contribution in [0.3, 0.4) is 0 Å². The van der Waals surface area contributed by atoms with Crippen molar-refractivity contribution >= 4 is 0 Å². The molecule has 1 spiro atoms. The van der Waals surface area contributed by atoms with Crippen LogP contribution in [0, 0.1) is 17.0 Å². The van der Waals surface area contributed by atoms with E-state index in [1.807, 2.05) is 18.2 Å². The second kappa shape index (κ2) is 5.85. The Hall–Kier alpha value is -2.02. The molecule has 1 aromatic heterocycles. The van der Waals surface area contributed by atoms with Crippen LogP contribution in [0.2, 0.25) is 0 Å². The maximum absolute atomic E-state index is 14.2. The minimum absolute atomic E-state index is 0.162. The lowest BCUT2D eigenvalue weighted by Crippen LogP contribution is -2.80. The molecule has 2 bridgehead atoms. The molecule has 6 atom stereocenters. The lowest BCUT2D eigenvalue weighted by molar-refractivity contribution is -0.924. The summed E-state index contributed by atoms with van der Waals surface area (Å²) in [6, 6.07) is 7.40. The van der Waals surface area contributed by atoms with Crippen LogP contribution >= 0.6 is 0 Å². The first kappa shape index (κ1) is 18.5. The van der Waals surface area contributed by atoms with E-state index in [-0.39, 0.29) is 28.5 Å². The SMILES string of the molecule is [O-][N+]1(CC2CC2)CC[C@]23c4c5ccc(O)c4O[C@H]2[C@@H](Cn2cccc2)CC[C@@]3(O)[C@H]1C5. The van der Waals surface area contributed by atoms with Crippen molar-refractivity contribution in [2.24, 2.45) is 11.8 Å². The molecular weight excluding hydrogens is 392 g/mol. The van der Waals surface area contributed by atoms with Crippen LogP contribution in [0.25, 0.3) is 0 Å². The van der Waals surface area contributed by atoms with Crippen LogP contribution < -0.4 is 4.74 Å². The summed E-state index contributed by atoms with van der Waals surface area (Å²) in [5, 5.41) is 37.3. The number of aliphatic hydroxyl groups is 1. The highest BCUT2D eigenvalue weighted by atomic mass is 16.6. The molecule has 31 heavy (non-hydrogen) atoms. The lowest BCUT2D eigenvalue weighted by Gasteiger charge is -2.68. The zero-order valence-electron chi connectivity index (χ0n) is 17.7. The van der Waals surface area contributed by atoms with Crippen LogP contribution in [-0.2, 0) is 18.4 Å². The third-order valence-corrected chi connectivity index (χ3v) is 9.29. The van der Waals surface area contributed by atoms with Crippen molar-refractivity contribution in [3.05, 3.63) is 53.0 Å². The minimum atomic E-state index is -1.08. The zero-order chi connectivity index (χ0) is 21.0. The second-order valence-corrected chi connectivity index (χ2v) is 10.8. The van der Waals surface area contributed by atoms with Gasteiger partial charge in [-0.3, -0.25) is 0 Å². The van der Waals surface area contributed by atoms with Crippen LogP contribution in [0.15, 0.2) is 36.7 Å². The average Bonchev–Trinajstić information content (AvgIpc) is 3.25. The molecule has 2 N–H and O–H groups in total. The summed E-state index contributed by atoms with van der Waals surface area (Å²) < 4.78 is 8.49. The van der Waals surface area contributed by atoms with Crippen molar-refractivity contribution in [1.82, 2.24) is 4.57 Å². The van der Waals surface area contributed by atoms with Gasteiger partial charge in [-0.2, -0.15) is 0 Å². The fraction of sp³-hybridized carbons (Fsp3) is 0.600. The quantitative estimate of drug-likeness (QED) is 0.586. The highest BCUT2D eigenvalue weighted by molar-refractivity contribution is 5.62. The first-order chi connectivity index (χ1) is 14.9. The Morgan fingerprint density at radius 2 is 1.97 bits per heavy atom. The number of likely N-dealkylation sites (tertiary alicyclic amines) is 1. The van der Waals surface area contributed by atoms with Gasteiger partial charge in [-0.05, 0) is 49.4 Å². The summed E-state index contributed by atoms with van der Waals surface area (Å²) in [7, 11) is 0. The maximum atomic E-state index is 14.2. The Morgan fingerprint density at radius 1 is 1.16 bits per heavy atom. The van der Waals surface area contributed by atoms with Crippen molar-refractivity contribution in [3.63, 3.8) is 0 Å². The maximum Gasteiger partial charge on any atom is 0.165 e. The number of piperidine rings is 1. The topological polar surface area (TPSA) is 77.7 Å². The molecule has 3 fully saturated rings. The molecule has 0 radical (unpaired) electrons. The van der Waals surface area contributed by atoms with Crippen molar-refractivity contribution in [3.8, 4) is 11.5 Å². The van der Waals surface area contributed by atoms with Gasteiger partial charge in [0.2, 0.25) is 0 Å². The van der Waals surface area contributed by atoms with Crippen molar-refractivity contribution in [2.45, 2.75) is 68.2 Å². The fourth-order valence-electron chi connectivity index (χ4n) is 7.81. The van der Waals surface area contributed by atoms with Gasteiger partial charge in [0.15, 0.2) is 11.5 Å². The first-order valence-corrected chi connectivity index (χ1v) is 11.9. The molecule has 7 rings (SSSR count). The van der Waals surface area contributed by atoms with E-state index in [1.54, 1.807) is 6.07 Å². The summed E-state index contributed by atoms with van der Waals surface area (Å²) in [5.41, 5.74) is 0.434. The van der Waals surface area contributed by atoms with Gasteiger partial charge in [-0.25, -0.2) is 0 Å². The van der Waals surface area contributed by atoms with E-state index < -0.39 is 11.0 Å². The normalized spacial score (nSPS) is 42.2. The zero-order valence-corrected chi connectivity index (χ0v) is 17.7. The predicted molar refractivity (Wildman–Crippen MR) is 115 cm³/mol. The largest absolute Gasteiger partial charge is 0.632 e. The molecule has 2 aromatic rings. The van der Waals surface area contributed by atoms with Crippen molar-refractivity contribution < 1.29 is 19.6 Å². The van der Waals surface area contributed by atoms with Crippen LogP contribution in [0.5, 0.6) is 11.5 Å². The Morgan fingerprint density at radius 3 is 2.74 bits per heavy atom. The third kappa shape index (κ3) is 2.23. The number of phenolic OH excluding ortho intramolecular Hbond substituents is 1. The molecule has 3 heterocycles. The Kier molecular flexibility index (Phi) is 3.50. The van der Waals surface area contributed by atoms with Gasteiger partial charge in [0, 0.05) is 49.2 Å². The molecule has 6 heteroatoms. The van der Waals surface area contributed by atoms with E-state index in [4.69, 9.17) is 4.74 Å². The van der Waals surface area contributed by atoms with E-state index >= 15 is 0 Å². The van der Waals surface area contributed by atoms with Crippen molar-refractivity contribution in [2.75, 3.05) is 13.1 Å². The molecule has 2 aliphatic heterocycles. The number of nitrogens with zero attached hydrogens (tertiary/aromatic N) is 2. The number of quaternary nitrogens is 1. The van der Waals surface area contributed by atoms with Gasteiger partial charge in [0.25, 0.3) is 0 Å². The molecule has 3 aliphatic carbocycles. The lowest BCUT2D eigenvalue weighted by atomic mass is 9.47. The number of phenols is 1. The predicted octanol–water partition coefficient (Wildman–Crippen LogP) is 3.09. The molecule has 1 unspecified atom stereocenters. The van der Waals surface area contributed by atoms with E-state index in [2.05, 4.69) is 17.0 Å². The standard InChI is InChI=1S/C25H30N2O4/c28-19-6-5-17-13-20-25(29)8-7-18(14-26-10-1-2-11-26)23-24(25,21(17)22(19)31-23)9-12-27(20,30)15-16-3-4-16/h1-2,5-6,10-11,16,18,20,23,28-29H,3-4,7-9,12-15H2/t18-,20-,23+,24+,25-,27?/m1/s1. The van der Waals surface area contributed by atoms with E-state index in [9.17, 15) is 15.4 Å². The monoisotopic (exact) mass is 422 g/mol. The van der Waals surface area contributed by atoms with Gasteiger partial charge in [-0.15, -0.1) is 0 Å². The van der Waals surface area contributed by atoms with E-state index in [0.717, 1.165) is 36.9 Å². The number of hydrogen-bond donors (Lipinski definition) is 2. The van der Waals surface area contributed by atoms with Crippen LogP contribution in [-0.4, -0.2) is 50.3 Å². The number of benzene rings is 1. The van der Waals surface area contributed by atoms with Gasteiger partial charge < -0.3 is 29.4 Å². The summed E-state index contributed by atoms with van der Waals surface area (Å²) in [6.07, 6.45) is 8.90. The summed E-state index contributed by atoms with van der Waals surface area (Å²) >= 11 is 0. The summed E-state index contributed by atoms with van der Waals surface area (Å²) in [6.45, 7) is 2.00. The van der Waals surface area contributed by atoms with Gasteiger partial charge in [-0.1, -0.05) is 6.07 Å². The summed E-state index contributed by atoms with van der Waals surface area (Å²) in [5.74, 6) is 1.47. The molecule has 1 saturated heterocycles. The average molecular weight is 423 g/mol. The first-order valence-electron chi connectivity index (χ1n) is 11.9. The van der Waals surface area contributed by atoms with Crippen LogP contribution in [0.1, 0.15) is 43.2 Å². The van der Waals surface area contributed by atoms with E-state index in [0.29, 0.717) is 44.0 Å². The van der Waals surface area contributed by atoms with Gasteiger partial charge in [0.05, 0.1) is 18.5 Å². The Balaban J connectivity index is 1.39. The Bertz CT molecular complexity index is 1050. The molecule has 5 aliphatic rings. The molecule has 2 saturated carbocycles. The number of aromatic nitrogens is 1. The Labute approximate surface area is 182 Å². The second-order valence-electron chi connectivity index (χ2n) is 10.8. The highest BCUT2D eigenvalue weighted by Gasteiger charge is 2.75. The minimum Gasteiger partial charge on any atom is -0.632 e. The molecular formula is C25H30N2O4. The van der Waals surface area contributed by atoms with Crippen LogP contribution in [0.4, 0.5) is 0 Å². The third-order valence-electron chi connectivity index (χ3n) is 9.29. The molecule has 164 valence electrons. The molecule has 0 amide bonds. The summed E-state index contributed by atoms with van der Waals surface area (Å²) in [4.78, 5) is 0.